The fourth-order valence-electron chi connectivity index (χ4n) is 4.90. The molecule has 4 rings (SSSR count). The van der Waals surface area contributed by atoms with Crippen molar-refractivity contribution < 1.29 is 19.1 Å². The highest BCUT2D eigenvalue weighted by Crippen LogP contribution is 2.38. The minimum atomic E-state index is -0.508. The van der Waals surface area contributed by atoms with E-state index in [9.17, 15) is 14.4 Å². The second-order valence-corrected chi connectivity index (χ2v) is 14.7. The molecule has 3 aromatic rings. The molecule has 0 radical (unpaired) electrons. The van der Waals surface area contributed by atoms with Crippen LogP contribution in [-0.2, 0) is 22.4 Å². The first-order valence-corrected chi connectivity index (χ1v) is 15.6. The number of nitrogens with one attached hydrogen (secondary N) is 2. The molecule has 8 nitrogen and oxygen atoms in total. The lowest BCUT2D eigenvalue weighted by molar-refractivity contribution is -0.118. The number of amidine groups is 1. The topological polar surface area (TPSA) is 100 Å². The number of hydrazone groups is 1. The molecule has 0 saturated carbocycles. The summed E-state index contributed by atoms with van der Waals surface area (Å²) in [6, 6.07) is 15.5. The first kappa shape index (κ1) is 34.3. The molecule has 1 aliphatic rings. The number of hydrogen-bond acceptors (Lipinski definition) is 5. The number of nitrogens with zero attached hydrogens (tertiary/aromatic N) is 2. The van der Waals surface area contributed by atoms with Gasteiger partial charge in [-0.05, 0) is 71.2 Å². The quantitative estimate of drug-likeness (QED) is 0.252. The predicted molar refractivity (Wildman–Crippen MR) is 182 cm³/mol. The molecule has 0 fully saturated rings. The molecule has 0 atom stereocenters. The summed E-state index contributed by atoms with van der Waals surface area (Å²) in [6.07, 6.45) is 1.57. The molecule has 1 heterocycles. The zero-order valence-corrected chi connectivity index (χ0v) is 28.5. The van der Waals surface area contributed by atoms with Crippen molar-refractivity contribution in [2.45, 2.75) is 60.8 Å². The summed E-state index contributed by atoms with van der Waals surface area (Å²) in [4.78, 5) is 38.5. The van der Waals surface area contributed by atoms with E-state index in [-0.39, 0.29) is 56.9 Å². The molecule has 0 aliphatic carbocycles. The minimum absolute atomic E-state index is 0.0350. The molecule has 0 spiro atoms. The van der Waals surface area contributed by atoms with E-state index >= 15 is 0 Å². The number of carbonyl (C=O) groups is 3. The molecule has 238 valence electrons. The van der Waals surface area contributed by atoms with Crippen molar-refractivity contribution in [2.75, 3.05) is 16.9 Å². The summed E-state index contributed by atoms with van der Waals surface area (Å²) in [5.74, 6) is -0.508. The summed E-state index contributed by atoms with van der Waals surface area (Å²) >= 11 is 18.5. The number of carbonyl (C=O) groups excluding carboxylic acids is 3. The number of hydrogen-bond donors (Lipinski definition) is 2. The first-order valence-electron chi connectivity index (χ1n) is 14.5. The third-order valence-corrected chi connectivity index (χ3v) is 7.37. The Morgan fingerprint density at radius 1 is 0.889 bits per heavy atom. The van der Waals surface area contributed by atoms with Crippen molar-refractivity contribution in [1.82, 2.24) is 5.32 Å². The number of ether oxygens (including phenoxy) is 1. The Balaban J connectivity index is 1.40. The summed E-state index contributed by atoms with van der Waals surface area (Å²) < 4.78 is 5.98. The number of halogens is 3. The molecule has 2 N–H and O–H groups in total. The molecular formula is C34H37Cl3N4O4. The number of amides is 3. The van der Waals surface area contributed by atoms with Crippen molar-refractivity contribution in [1.29, 1.82) is 0 Å². The molecule has 3 amide bonds. The molecule has 3 aromatic carbocycles. The van der Waals surface area contributed by atoms with Gasteiger partial charge in [-0.15, -0.1) is 0 Å². The smallest absolute Gasteiger partial charge is 0.262 e. The highest BCUT2D eigenvalue weighted by atomic mass is 35.5. The van der Waals surface area contributed by atoms with Crippen molar-refractivity contribution in [3.63, 3.8) is 0 Å². The Morgan fingerprint density at radius 2 is 1.56 bits per heavy atom. The van der Waals surface area contributed by atoms with Crippen LogP contribution in [0.4, 0.5) is 11.4 Å². The lowest BCUT2D eigenvalue weighted by Crippen LogP contribution is -2.29. The zero-order chi connectivity index (χ0) is 33.1. The van der Waals surface area contributed by atoms with Crippen LogP contribution >= 0.6 is 34.8 Å². The van der Waals surface area contributed by atoms with Gasteiger partial charge in [-0.2, -0.15) is 10.1 Å². The number of benzene rings is 3. The predicted octanol–water partition coefficient (Wildman–Crippen LogP) is 8.32. The van der Waals surface area contributed by atoms with Crippen molar-refractivity contribution >= 4 is 69.7 Å². The third-order valence-electron chi connectivity index (χ3n) is 6.57. The fraction of sp³-hybridized carbons (Fsp3) is 0.353. The Morgan fingerprint density at radius 3 is 2.20 bits per heavy atom. The normalized spacial score (nSPS) is 13.5. The SMILES string of the molecule is CC(C)(C)Cc1ccc(OCC(=O)Nc2cccc(C(=O)NC3=NN(c4c(Cl)cc(Cl)cc4Cl)C(=O)C3)c2)c(CC(C)(C)C)c1. The summed E-state index contributed by atoms with van der Waals surface area (Å²) in [7, 11) is 0. The van der Waals surface area contributed by atoms with Gasteiger partial charge in [0, 0.05) is 16.3 Å². The molecule has 0 saturated heterocycles. The van der Waals surface area contributed by atoms with E-state index in [1.54, 1.807) is 18.2 Å². The Kier molecular flexibility index (Phi) is 10.5. The molecule has 1 aliphatic heterocycles. The van der Waals surface area contributed by atoms with Crippen LogP contribution in [0.5, 0.6) is 5.75 Å². The summed E-state index contributed by atoms with van der Waals surface area (Å²) in [6.45, 7) is 12.9. The molecular weight excluding hydrogens is 635 g/mol. The van der Waals surface area contributed by atoms with Gasteiger partial charge in [-0.25, -0.2) is 0 Å². The average molecular weight is 672 g/mol. The Hall–Kier alpha value is -3.59. The molecule has 45 heavy (non-hydrogen) atoms. The number of rotatable bonds is 8. The van der Waals surface area contributed by atoms with Gasteiger partial charge in [0.2, 0.25) is 0 Å². The Labute approximate surface area is 279 Å². The standard InChI is InChI=1S/C34H37Cl3N4O4/c1-33(2,3)17-20-10-11-27(22(12-20)18-34(4,5)6)45-19-29(42)38-24-9-7-8-21(13-24)32(44)39-28-16-30(43)41(40-28)31-25(36)14-23(35)15-26(31)37/h7-15H,16-19H2,1-6H3,(H,38,42)(H,39,40,44). The van der Waals surface area contributed by atoms with E-state index in [1.165, 1.54) is 23.8 Å². The van der Waals surface area contributed by atoms with E-state index in [0.29, 0.717) is 16.5 Å². The van der Waals surface area contributed by atoms with Gasteiger partial charge < -0.3 is 15.4 Å². The van der Waals surface area contributed by atoms with Crippen LogP contribution in [0, 0.1) is 10.8 Å². The van der Waals surface area contributed by atoms with E-state index < -0.39 is 11.8 Å². The van der Waals surface area contributed by atoms with Gasteiger partial charge in [0.1, 0.15) is 17.3 Å². The van der Waals surface area contributed by atoms with Gasteiger partial charge in [-0.1, -0.05) is 94.5 Å². The molecule has 0 aromatic heterocycles. The second kappa shape index (κ2) is 13.8. The van der Waals surface area contributed by atoms with Gasteiger partial charge >= 0.3 is 0 Å². The maximum atomic E-state index is 13.0. The van der Waals surface area contributed by atoms with Crippen LogP contribution in [0.15, 0.2) is 59.7 Å². The van der Waals surface area contributed by atoms with E-state index in [0.717, 1.165) is 23.4 Å². The Bertz CT molecular complexity index is 1630. The van der Waals surface area contributed by atoms with E-state index in [1.807, 2.05) is 12.1 Å². The summed E-state index contributed by atoms with van der Waals surface area (Å²) in [5, 5.41) is 11.3. The minimum Gasteiger partial charge on any atom is -0.483 e. The van der Waals surface area contributed by atoms with Crippen LogP contribution in [0.2, 0.25) is 15.1 Å². The van der Waals surface area contributed by atoms with Crippen LogP contribution in [-0.4, -0.2) is 30.2 Å². The second-order valence-electron chi connectivity index (χ2n) is 13.4. The average Bonchev–Trinajstić information content (AvgIpc) is 3.25. The fourth-order valence-corrected chi connectivity index (χ4v) is 5.88. The highest BCUT2D eigenvalue weighted by molar-refractivity contribution is 6.42. The van der Waals surface area contributed by atoms with E-state index in [4.69, 9.17) is 39.5 Å². The van der Waals surface area contributed by atoms with Crippen molar-refractivity contribution in [3.05, 3.63) is 86.4 Å². The van der Waals surface area contributed by atoms with Gasteiger partial charge in [0.25, 0.3) is 17.7 Å². The monoisotopic (exact) mass is 670 g/mol. The van der Waals surface area contributed by atoms with Crippen LogP contribution in [0.1, 0.15) is 69.4 Å². The third kappa shape index (κ3) is 9.70. The lowest BCUT2D eigenvalue weighted by Gasteiger charge is -2.23. The van der Waals surface area contributed by atoms with Crippen molar-refractivity contribution in [2.24, 2.45) is 15.9 Å². The largest absolute Gasteiger partial charge is 0.483 e. The highest BCUT2D eigenvalue weighted by Gasteiger charge is 2.30. The number of anilines is 2. The molecule has 11 heteroatoms. The van der Waals surface area contributed by atoms with Gasteiger partial charge in [-0.3, -0.25) is 14.4 Å². The molecule has 0 unspecified atom stereocenters. The van der Waals surface area contributed by atoms with Gasteiger partial charge in [0.05, 0.1) is 16.5 Å². The van der Waals surface area contributed by atoms with Crippen LogP contribution in [0.25, 0.3) is 0 Å². The van der Waals surface area contributed by atoms with Crippen molar-refractivity contribution in [3.8, 4) is 5.75 Å². The zero-order valence-electron chi connectivity index (χ0n) is 26.2. The molecule has 0 bridgehead atoms. The first-order chi connectivity index (χ1) is 21.0. The van der Waals surface area contributed by atoms with Crippen LogP contribution < -0.4 is 20.4 Å². The lowest BCUT2D eigenvalue weighted by atomic mass is 9.84. The maximum absolute atomic E-state index is 13.0. The van der Waals surface area contributed by atoms with Gasteiger partial charge in [0.15, 0.2) is 6.61 Å². The van der Waals surface area contributed by atoms with Crippen LogP contribution in [0.3, 0.4) is 0 Å². The van der Waals surface area contributed by atoms with E-state index in [2.05, 4.69) is 63.3 Å². The summed E-state index contributed by atoms with van der Waals surface area (Å²) in [5.41, 5.74) is 3.32. The maximum Gasteiger partial charge on any atom is 0.262 e.